The summed E-state index contributed by atoms with van der Waals surface area (Å²) in [6.07, 6.45) is 0. The van der Waals surface area contributed by atoms with Crippen LogP contribution in [0.25, 0.3) is 0 Å². The Hall–Kier alpha value is 3.16. The molecule has 21 heavy (non-hydrogen) atoms. The molecule has 0 heterocycles. The first-order valence-electron chi connectivity index (χ1n) is 1.33. The summed E-state index contributed by atoms with van der Waals surface area (Å²) in [5.41, 5.74) is 0. The maximum Gasteiger partial charge on any atom is 3.00 e. The molecule has 16 nitrogen and oxygen atoms in total. The van der Waals surface area contributed by atoms with Crippen molar-refractivity contribution in [1.82, 2.24) is 0 Å². The third-order valence-electron chi connectivity index (χ3n) is 0. The van der Waals surface area contributed by atoms with E-state index in [0.29, 0.717) is 0 Å². The molecule has 0 saturated heterocycles. The van der Waals surface area contributed by atoms with Crippen LogP contribution in [0.4, 0.5) is 0 Å². The summed E-state index contributed by atoms with van der Waals surface area (Å²) in [4.78, 5) is 0. The summed E-state index contributed by atoms with van der Waals surface area (Å²) in [5.74, 6) is 0. The molecule has 155 valence electrons. The van der Waals surface area contributed by atoms with Gasteiger partial charge in [-0.3, -0.25) is 16.8 Å². The Labute approximate surface area is 208 Å². The minimum Gasteiger partial charge on any atom is -0.759 e. The molecule has 0 aromatic carbocycles. The van der Waals surface area contributed by atoms with Crippen LogP contribution in [0.15, 0.2) is 0 Å². The number of hydrogen-bond donors (Lipinski definition) is 0. The SMILES string of the molecule is O.O.O.O.O.O.O.O.O=S(=O)([O-])[O-].O=S(=O)([O-])[O-].[Er+3].[Er+3].[Er+3]. The molecule has 0 rings (SSSR count). The molecule has 0 aromatic heterocycles. The van der Waals surface area contributed by atoms with Crippen LogP contribution >= 0.6 is 0 Å². The van der Waals surface area contributed by atoms with Gasteiger partial charge in [0, 0.05) is 20.8 Å². The molecule has 0 aliphatic heterocycles. The second kappa shape index (κ2) is 49.5. The monoisotopic (exact) mass is 834 g/mol. The van der Waals surface area contributed by atoms with Crippen LogP contribution in [-0.4, -0.2) is 78.9 Å². The standard InChI is InChI=1S/3Er.2H2O4S.8H2O/c;;;2*1-5(2,3)4;;;;;;;;/h;;;2*(H2,1,2,3,4);8*1H2/q3*+3;;;;;;;;;;/p-4. The second-order valence-corrected chi connectivity index (χ2v) is 2.45. The first-order valence-corrected chi connectivity index (χ1v) is 4.00. The second-order valence-electron chi connectivity index (χ2n) is 0.816. The van der Waals surface area contributed by atoms with Gasteiger partial charge in [0.2, 0.25) is 0 Å². The molecule has 0 atom stereocenters. The Balaban J connectivity index is -0.00000000364. The van der Waals surface area contributed by atoms with E-state index >= 15 is 0 Å². The van der Waals surface area contributed by atoms with Gasteiger partial charge < -0.3 is 62.0 Å². The summed E-state index contributed by atoms with van der Waals surface area (Å²) >= 11 is 0. The van der Waals surface area contributed by atoms with Gasteiger partial charge in [0.25, 0.3) is 0 Å². The fourth-order valence-electron chi connectivity index (χ4n) is 0. The maximum absolute atomic E-state index is 8.52. The van der Waals surface area contributed by atoms with E-state index in [4.69, 9.17) is 35.0 Å². The van der Waals surface area contributed by atoms with Crippen molar-refractivity contribution in [2.45, 2.75) is 0 Å². The molecule has 0 saturated carbocycles. The van der Waals surface area contributed by atoms with Gasteiger partial charge in [-0.2, -0.15) is 0 Å². The number of rotatable bonds is 0. The van der Waals surface area contributed by atoms with Crippen molar-refractivity contribution in [3.63, 3.8) is 0 Å². The molecule has 0 unspecified atom stereocenters. The average Bonchev–Trinajstić information content (AvgIpc) is 1.12. The van der Waals surface area contributed by atoms with Gasteiger partial charge >= 0.3 is 112 Å². The van der Waals surface area contributed by atoms with Gasteiger partial charge in [-0.15, -0.1) is 0 Å². The molecule has 3 radical (unpaired) electrons. The van der Waals surface area contributed by atoms with E-state index in [0.717, 1.165) is 0 Å². The third kappa shape index (κ3) is 1040. The zero-order chi connectivity index (χ0) is 9.00. The Morgan fingerprint density at radius 2 is 0.381 bits per heavy atom. The van der Waals surface area contributed by atoms with E-state index in [1.807, 2.05) is 0 Å². The van der Waals surface area contributed by atoms with E-state index in [-0.39, 0.29) is 156 Å². The predicted molar refractivity (Wildman–Crippen MR) is 49.9 cm³/mol. The molecule has 0 fully saturated rings. The van der Waals surface area contributed by atoms with Gasteiger partial charge in [0.05, 0.1) is 0 Å². The molecule has 0 bridgehead atoms. The first kappa shape index (κ1) is 104. The zero-order valence-electron chi connectivity index (χ0n) is 8.95. The van der Waals surface area contributed by atoms with Crippen molar-refractivity contribution in [3.8, 4) is 0 Å². The van der Waals surface area contributed by atoms with Crippen LogP contribution in [0, 0.1) is 112 Å². The van der Waals surface area contributed by atoms with Crippen molar-refractivity contribution in [2.24, 2.45) is 0 Å². The zero-order valence-corrected chi connectivity index (χ0v) is 16.1. The number of hydrogen-bond acceptors (Lipinski definition) is 8. The van der Waals surface area contributed by atoms with Crippen molar-refractivity contribution >= 4 is 20.8 Å². The molecule has 16 N–H and O–H groups in total. The average molecular weight is 838 g/mol. The summed E-state index contributed by atoms with van der Waals surface area (Å²) < 4.78 is 68.2. The fourth-order valence-corrected chi connectivity index (χ4v) is 0. The topological polar surface area (TPSA) is 413 Å². The van der Waals surface area contributed by atoms with Gasteiger partial charge in [-0.1, -0.05) is 0 Å². The van der Waals surface area contributed by atoms with Crippen molar-refractivity contribution in [1.29, 1.82) is 0 Å². The smallest absolute Gasteiger partial charge is 0.759 e. The Kier molecular flexibility index (Phi) is 245. The first-order chi connectivity index (χ1) is 4.00. The molecular weight excluding hydrogens is 822 g/mol. The van der Waals surface area contributed by atoms with Crippen LogP contribution < -0.4 is 0 Å². The third-order valence-corrected chi connectivity index (χ3v) is 0. The normalized spacial score (nSPS) is 5.52. The summed E-state index contributed by atoms with van der Waals surface area (Å²) in [6, 6.07) is 0. The molecule has 0 aliphatic carbocycles. The van der Waals surface area contributed by atoms with Gasteiger partial charge in [0.1, 0.15) is 0 Å². The van der Waals surface area contributed by atoms with Crippen LogP contribution in [0.2, 0.25) is 0 Å². The maximum atomic E-state index is 8.52. The van der Waals surface area contributed by atoms with E-state index in [1.54, 1.807) is 0 Å². The molecule has 0 aliphatic rings. The van der Waals surface area contributed by atoms with Crippen molar-refractivity contribution in [3.05, 3.63) is 0 Å². The Morgan fingerprint density at radius 3 is 0.381 bits per heavy atom. The van der Waals surface area contributed by atoms with Crippen LogP contribution in [-0.2, 0) is 20.8 Å². The van der Waals surface area contributed by atoms with E-state index in [1.165, 1.54) is 0 Å². The van der Waals surface area contributed by atoms with Gasteiger partial charge in [-0.05, 0) is 0 Å². The largest absolute Gasteiger partial charge is 3.00 e. The molecular formula is H16Er3O16S2+5. The van der Waals surface area contributed by atoms with Crippen molar-refractivity contribution in [2.75, 3.05) is 0 Å². The Bertz CT molecular complexity index is 218. The minimum absolute atomic E-state index is 0. The quantitative estimate of drug-likeness (QED) is 0.166. The summed E-state index contributed by atoms with van der Waals surface area (Å²) in [6.45, 7) is 0. The van der Waals surface area contributed by atoms with Gasteiger partial charge in [0.15, 0.2) is 0 Å². The van der Waals surface area contributed by atoms with Crippen LogP contribution in [0.1, 0.15) is 0 Å². The fraction of sp³-hybridized carbons (Fsp3) is 0. The molecule has 21 heteroatoms. The van der Waals surface area contributed by atoms with E-state index in [9.17, 15) is 0 Å². The minimum atomic E-state index is -5.17. The molecule has 0 spiro atoms. The van der Waals surface area contributed by atoms with Gasteiger partial charge in [-0.25, -0.2) is 0 Å². The molecule has 0 aromatic rings. The molecule has 0 amide bonds. The summed E-state index contributed by atoms with van der Waals surface area (Å²) in [7, 11) is -10.3. The van der Waals surface area contributed by atoms with E-state index < -0.39 is 20.8 Å². The van der Waals surface area contributed by atoms with Crippen LogP contribution in [0.5, 0.6) is 0 Å². The Morgan fingerprint density at radius 1 is 0.381 bits per heavy atom. The predicted octanol–water partition coefficient (Wildman–Crippen LogP) is -9.27. The van der Waals surface area contributed by atoms with Crippen LogP contribution in [0.3, 0.4) is 0 Å². The van der Waals surface area contributed by atoms with E-state index in [2.05, 4.69) is 0 Å². The van der Waals surface area contributed by atoms with Crippen molar-refractivity contribution < 1.29 is 191 Å². The summed E-state index contributed by atoms with van der Waals surface area (Å²) in [5, 5.41) is 0.